The van der Waals surface area contributed by atoms with Crippen LogP contribution in [0.3, 0.4) is 0 Å². The quantitative estimate of drug-likeness (QED) is 0.859. The van der Waals surface area contributed by atoms with Crippen molar-refractivity contribution in [2.75, 3.05) is 13.7 Å². The summed E-state index contributed by atoms with van der Waals surface area (Å²) in [5.74, 6) is 0.501. The minimum Gasteiger partial charge on any atom is -0.496 e. The Labute approximate surface area is 127 Å². The highest BCUT2D eigenvalue weighted by molar-refractivity contribution is 7.13. The van der Waals surface area contributed by atoms with Crippen molar-refractivity contribution in [2.24, 2.45) is 0 Å². The standard InChI is InChI=1S/C15H18N2O3S/c1-10(18)7-8-16-14(19)12-9-21-15(17-12)11-5-3-4-6-13(11)20-2/h3-6,9-10,18H,7-8H2,1-2H3,(H,16,19). The molecule has 1 aromatic heterocycles. The molecular weight excluding hydrogens is 288 g/mol. The number of benzene rings is 1. The van der Waals surface area contributed by atoms with E-state index in [-0.39, 0.29) is 5.91 Å². The molecule has 6 heteroatoms. The molecule has 0 spiro atoms. The predicted octanol–water partition coefficient (Wildman–Crippen LogP) is 2.32. The average Bonchev–Trinajstić information content (AvgIpc) is 2.96. The third-order valence-corrected chi connectivity index (χ3v) is 3.80. The van der Waals surface area contributed by atoms with Crippen molar-refractivity contribution in [3.8, 4) is 16.3 Å². The van der Waals surface area contributed by atoms with Gasteiger partial charge in [0.2, 0.25) is 0 Å². The summed E-state index contributed by atoms with van der Waals surface area (Å²) in [6, 6.07) is 7.56. The largest absolute Gasteiger partial charge is 0.496 e. The van der Waals surface area contributed by atoms with Gasteiger partial charge in [0.1, 0.15) is 16.5 Å². The smallest absolute Gasteiger partial charge is 0.270 e. The van der Waals surface area contributed by atoms with E-state index >= 15 is 0 Å². The second kappa shape index (κ2) is 7.19. The van der Waals surface area contributed by atoms with Crippen LogP contribution in [0, 0.1) is 0 Å². The number of amides is 1. The highest BCUT2D eigenvalue weighted by atomic mass is 32.1. The number of carbonyl (C=O) groups is 1. The van der Waals surface area contributed by atoms with E-state index in [0.717, 1.165) is 16.3 Å². The summed E-state index contributed by atoms with van der Waals surface area (Å²) in [4.78, 5) is 16.3. The molecule has 0 radical (unpaired) electrons. The number of rotatable bonds is 6. The molecule has 21 heavy (non-hydrogen) atoms. The van der Waals surface area contributed by atoms with Gasteiger partial charge in [-0.15, -0.1) is 11.3 Å². The Morgan fingerprint density at radius 1 is 1.48 bits per heavy atom. The van der Waals surface area contributed by atoms with Gasteiger partial charge in [0.05, 0.1) is 18.8 Å². The van der Waals surface area contributed by atoms with Gasteiger partial charge in [0.15, 0.2) is 0 Å². The molecule has 0 aliphatic rings. The van der Waals surface area contributed by atoms with Gasteiger partial charge < -0.3 is 15.2 Å². The van der Waals surface area contributed by atoms with E-state index in [1.165, 1.54) is 11.3 Å². The number of aliphatic hydroxyl groups is 1. The lowest BCUT2D eigenvalue weighted by Crippen LogP contribution is -2.26. The normalized spacial score (nSPS) is 12.0. The van der Waals surface area contributed by atoms with Crippen LogP contribution in [0.5, 0.6) is 5.75 Å². The van der Waals surface area contributed by atoms with E-state index in [1.54, 1.807) is 19.4 Å². The summed E-state index contributed by atoms with van der Waals surface area (Å²) in [5.41, 5.74) is 1.25. The first-order chi connectivity index (χ1) is 10.1. The number of carbonyl (C=O) groups excluding carboxylic acids is 1. The number of methoxy groups -OCH3 is 1. The van der Waals surface area contributed by atoms with Gasteiger partial charge >= 0.3 is 0 Å². The van der Waals surface area contributed by atoms with Crippen molar-refractivity contribution < 1.29 is 14.6 Å². The number of aliphatic hydroxyl groups excluding tert-OH is 1. The molecule has 2 rings (SSSR count). The van der Waals surface area contributed by atoms with E-state index in [9.17, 15) is 4.79 Å². The number of aromatic nitrogens is 1. The zero-order chi connectivity index (χ0) is 15.2. The molecule has 0 bridgehead atoms. The first kappa shape index (κ1) is 15.5. The second-order valence-corrected chi connectivity index (χ2v) is 5.49. The summed E-state index contributed by atoms with van der Waals surface area (Å²) < 4.78 is 5.30. The lowest BCUT2D eigenvalue weighted by Gasteiger charge is -2.05. The maximum atomic E-state index is 11.9. The van der Waals surface area contributed by atoms with Crippen LogP contribution in [0.1, 0.15) is 23.8 Å². The van der Waals surface area contributed by atoms with Gasteiger partial charge in [-0.05, 0) is 25.5 Å². The minimum absolute atomic E-state index is 0.229. The Balaban J connectivity index is 2.09. The highest BCUT2D eigenvalue weighted by Crippen LogP contribution is 2.31. The predicted molar refractivity (Wildman–Crippen MR) is 82.7 cm³/mol. The maximum Gasteiger partial charge on any atom is 0.270 e. The van der Waals surface area contributed by atoms with Gasteiger partial charge in [-0.2, -0.15) is 0 Å². The molecule has 5 nitrogen and oxygen atoms in total. The van der Waals surface area contributed by atoms with E-state index < -0.39 is 6.10 Å². The topological polar surface area (TPSA) is 71.5 Å². The van der Waals surface area contributed by atoms with Crippen LogP contribution in [-0.4, -0.2) is 35.8 Å². The molecule has 0 saturated heterocycles. The van der Waals surface area contributed by atoms with Crippen LogP contribution >= 0.6 is 11.3 Å². The molecule has 1 amide bonds. The van der Waals surface area contributed by atoms with Crippen molar-refractivity contribution in [1.82, 2.24) is 10.3 Å². The fourth-order valence-corrected chi connectivity index (χ4v) is 2.64. The number of nitrogens with zero attached hydrogens (tertiary/aromatic N) is 1. The van der Waals surface area contributed by atoms with Crippen LogP contribution < -0.4 is 10.1 Å². The van der Waals surface area contributed by atoms with Crippen LogP contribution in [-0.2, 0) is 0 Å². The van der Waals surface area contributed by atoms with Gasteiger partial charge in [-0.1, -0.05) is 12.1 Å². The highest BCUT2D eigenvalue weighted by Gasteiger charge is 2.14. The minimum atomic E-state index is -0.426. The molecule has 1 heterocycles. The molecule has 1 unspecified atom stereocenters. The summed E-state index contributed by atoms with van der Waals surface area (Å²) >= 11 is 1.40. The molecule has 0 saturated carbocycles. The molecule has 112 valence electrons. The third kappa shape index (κ3) is 4.03. The first-order valence-corrected chi connectivity index (χ1v) is 7.55. The van der Waals surface area contributed by atoms with E-state index in [4.69, 9.17) is 9.84 Å². The van der Waals surface area contributed by atoms with Crippen molar-refractivity contribution in [3.63, 3.8) is 0 Å². The molecule has 0 fully saturated rings. The summed E-state index contributed by atoms with van der Waals surface area (Å²) in [6.07, 6.45) is 0.0970. The maximum absolute atomic E-state index is 11.9. The molecule has 1 atom stereocenters. The lowest BCUT2D eigenvalue weighted by atomic mass is 10.2. The number of thiazole rings is 1. The number of ether oxygens (including phenoxy) is 1. The van der Waals surface area contributed by atoms with Crippen LogP contribution in [0.2, 0.25) is 0 Å². The van der Waals surface area contributed by atoms with Crippen molar-refractivity contribution >= 4 is 17.2 Å². The van der Waals surface area contributed by atoms with Gasteiger partial charge in [-0.25, -0.2) is 4.98 Å². The fourth-order valence-electron chi connectivity index (χ4n) is 1.81. The number of hydrogen-bond acceptors (Lipinski definition) is 5. The molecule has 2 N–H and O–H groups in total. The van der Waals surface area contributed by atoms with Gasteiger partial charge in [-0.3, -0.25) is 4.79 Å². The molecule has 0 aliphatic heterocycles. The average molecular weight is 306 g/mol. The van der Waals surface area contributed by atoms with Crippen molar-refractivity contribution in [2.45, 2.75) is 19.4 Å². The summed E-state index contributed by atoms with van der Waals surface area (Å²) in [6.45, 7) is 2.12. The Hall–Kier alpha value is -1.92. The Bertz CT molecular complexity index is 610. The monoisotopic (exact) mass is 306 g/mol. The first-order valence-electron chi connectivity index (χ1n) is 6.67. The van der Waals surface area contributed by atoms with Crippen molar-refractivity contribution in [1.29, 1.82) is 0 Å². The molecule has 2 aromatic rings. The number of para-hydroxylation sites is 1. The fraction of sp³-hybridized carbons (Fsp3) is 0.333. The Morgan fingerprint density at radius 3 is 2.95 bits per heavy atom. The SMILES string of the molecule is COc1ccccc1-c1nc(C(=O)NCCC(C)O)cs1. The molecule has 1 aromatic carbocycles. The number of hydrogen-bond donors (Lipinski definition) is 2. The van der Waals surface area contributed by atoms with Crippen molar-refractivity contribution in [3.05, 3.63) is 35.3 Å². The van der Waals surface area contributed by atoms with Crippen LogP contribution in [0.4, 0.5) is 0 Å². The van der Waals surface area contributed by atoms with E-state index in [2.05, 4.69) is 10.3 Å². The number of nitrogens with one attached hydrogen (secondary N) is 1. The third-order valence-electron chi connectivity index (χ3n) is 2.92. The van der Waals surface area contributed by atoms with Crippen LogP contribution in [0.25, 0.3) is 10.6 Å². The lowest BCUT2D eigenvalue weighted by molar-refractivity contribution is 0.0941. The Morgan fingerprint density at radius 2 is 2.24 bits per heavy atom. The summed E-state index contributed by atoms with van der Waals surface area (Å²) in [5, 5.41) is 14.4. The summed E-state index contributed by atoms with van der Waals surface area (Å²) in [7, 11) is 1.61. The molecular formula is C15H18N2O3S. The van der Waals surface area contributed by atoms with Gasteiger partial charge in [0, 0.05) is 11.9 Å². The Kier molecular flexibility index (Phi) is 5.30. The zero-order valence-corrected chi connectivity index (χ0v) is 12.8. The molecule has 0 aliphatic carbocycles. The second-order valence-electron chi connectivity index (χ2n) is 4.63. The van der Waals surface area contributed by atoms with E-state index in [0.29, 0.717) is 18.7 Å². The van der Waals surface area contributed by atoms with Crippen LogP contribution in [0.15, 0.2) is 29.6 Å². The van der Waals surface area contributed by atoms with E-state index in [1.807, 2.05) is 24.3 Å². The van der Waals surface area contributed by atoms with Gasteiger partial charge in [0.25, 0.3) is 5.91 Å². The zero-order valence-electron chi connectivity index (χ0n) is 12.0.